The first-order chi connectivity index (χ1) is 7.07. The van der Waals surface area contributed by atoms with Crippen molar-refractivity contribution in [3.63, 3.8) is 0 Å². The molecule has 16 heavy (non-hydrogen) atoms. The lowest BCUT2D eigenvalue weighted by atomic mass is 9.84. The van der Waals surface area contributed by atoms with Crippen molar-refractivity contribution in [1.29, 1.82) is 0 Å². The van der Waals surface area contributed by atoms with Crippen molar-refractivity contribution in [1.82, 2.24) is 0 Å². The van der Waals surface area contributed by atoms with E-state index >= 15 is 0 Å². The van der Waals surface area contributed by atoms with Gasteiger partial charge in [-0.2, -0.15) is 13.2 Å². The fourth-order valence-electron chi connectivity index (χ4n) is 1.80. The van der Waals surface area contributed by atoms with Crippen LogP contribution in [-0.2, 0) is 9.53 Å². The maximum atomic E-state index is 11.9. The Labute approximate surface area is 93.1 Å². The smallest absolute Gasteiger partial charge is 0.440 e. The van der Waals surface area contributed by atoms with Crippen molar-refractivity contribution in [3.8, 4) is 0 Å². The molecule has 0 saturated carbocycles. The maximum Gasteiger partial charge on any atom is 0.490 e. The lowest BCUT2D eigenvalue weighted by Crippen LogP contribution is -2.43. The molecule has 0 aliphatic rings. The Morgan fingerprint density at radius 3 is 1.75 bits per heavy atom. The Balaban J connectivity index is 4.55. The predicted molar refractivity (Wildman–Crippen MR) is 53.3 cm³/mol. The molecule has 0 heterocycles. The van der Waals surface area contributed by atoms with Crippen LogP contribution in [0.5, 0.6) is 0 Å². The Hall–Kier alpha value is -0.780. The summed E-state index contributed by atoms with van der Waals surface area (Å²) in [5.41, 5.74) is 5.47. The Morgan fingerprint density at radius 1 is 1.12 bits per heavy atom. The van der Waals surface area contributed by atoms with Crippen LogP contribution in [-0.4, -0.2) is 18.4 Å². The number of hydrogen-bond donors (Lipinski definition) is 1. The molecule has 0 aromatic rings. The molecule has 96 valence electrons. The van der Waals surface area contributed by atoms with Crippen LogP contribution < -0.4 is 5.73 Å². The molecular weight excluding hydrogens is 223 g/mol. The summed E-state index contributed by atoms with van der Waals surface area (Å²) < 4.78 is 40.0. The van der Waals surface area contributed by atoms with Crippen LogP contribution in [0, 0.1) is 17.8 Å². The van der Waals surface area contributed by atoms with E-state index in [2.05, 4.69) is 4.74 Å². The van der Waals surface area contributed by atoms with Crippen molar-refractivity contribution in [3.05, 3.63) is 0 Å². The van der Waals surface area contributed by atoms with E-state index in [-0.39, 0.29) is 17.8 Å². The first kappa shape index (κ1) is 15.2. The van der Waals surface area contributed by atoms with Gasteiger partial charge in [0.05, 0.1) is 0 Å². The van der Waals surface area contributed by atoms with Gasteiger partial charge in [0.15, 0.2) is 6.23 Å². The summed E-state index contributed by atoms with van der Waals surface area (Å²) in [6.07, 6.45) is -6.22. The highest BCUT2D eigenvalue weighted by atomic mass is 19.4. The lowest BCUT2D eigenvalue weighted by molar-refractivity contribution is -0.208. The van der Waals surface area contributed by atoms with E-state index in [9.17, 15) is 18.0 Å². The summed E-state index contributed by atoms with van der Waals surface area (Å²) in [6, 6.07) is 0. The van der Waals surface area contributed by atoms with Gasteiger partial charge in [-0.1, -0.05) is 27.7 Å². The molecular formula is C10H18F3NO2. The number of nitrogens with two attached hydrogens (primary N) is 1. The topological polar surface area (TPSA) is 52.3 Å². The number of carbonyl (C=O) groups excluding carboxylic acids is 1. The maximum absolute atomic E-state index is 11.9. The van der Waals surface area contributed by atoms with Gasteiger partial charge in [0.2, 0.25) is 0 Å². The molecule has 0 radical (unpaired) electrons. The molecule has 3 nitrogen and oxygen atoms in total. The average Bonchev–Trinajstić information content (AvgIpc) is 1.99. The average molecular weight is 241 g/mol. The highest BCUT2D eigenvalue weighted by molar-refractivity contribution is 5.75. The molecule has 0 fully saturated rings. The molecule has 0 rings (SSSR count). The van der Waals surface area contributed by atoms with Crippen molar-refractivity contribution in [2.75, 3.05) is 0 Å². The number of halogens is 3. The molecule has 1 unspecified atom stereocenters. The minimum Gasteiger partial charge on any atom is -0.440 e. The second-order valence-electron chi connectivity index (χ2n) is 4.43. The molecule has 0 aliphatic heterocycles. The monoisotopic (exact) mass is 241 g/mol. The Morgan fingerprint density at radius 2 is 1.50 bits per heavy atom. The predicted octanol–water partition coefficient (Wildman–Crippen LogP) is 2.30. The molecule has 0 aliphatic carbocycles. The zero-order valence-electron chi connectivity index (χ0n) is 9.84. The van der Waals surface area contributed by atoms with E-state index in [1.165, 1.54) is 0 Å². The zero-order valence-corrected chi connectivity index (χ0v) is 9.84. The van der Waals surface area contributed by atoms with Gasteiger partial charge in [-0.05, 0) is 11.8 Å². The van der Waals surface area contributed by atoms with Gasteiger partial charge in [-0.25, -0.2) is 4.79 Å². The van der Waals surface area contributed by atoms with Crippen LogP contribution in [0.1, 0.15) is 27.7 Å². The molecule has 2 N–H and O–H groups in total. The molecule has 0 spiro atoms. The van der Waals surface area contributed by atoms with Crippen LogP contribution in [0.15, 0.2) is 0 Å². The van der Waals surface area contributed by atoms with Crippen molar-refractivity contribution in [2.45, 2.75) is 40.1 Å². The van der Waals surface area contributed by atoms with Gasteiger partial charge in [0, 0.05) is 5.92 Å². The largest absolute Gasteiger partial charge is 0.490 e. The summed E-state index contributed by atoms with van der Waals surface area (Å²) in [5.74, 6) is -2.45. The number of rotatable bonds is 4. The quantitative estimate of drug-likeness (QED) is 0.607. The third-order valence-electron chi connectivity index (χ3n) is 2.39. The number of hydrogen-bond acceptors (Lipinski definition) is 3. The van der Waals surface area contributed by atoms with Gasteiger partial charge in [-0.3, -0.25) is 5.73 Å². The van der Waals surface area contributed by atoms with Crippen LogP contribution in [0.2, 0.25) is 0 Å². The van der Waals surface area contributed by atoms with Crippen molar-refractivity contribution >= 4 is 5.97 Å². The number of esters is 1. The van der Waals surface area contributed by atoms with Gasteiger partial charge in [-0.15, -0.1) is 0 Å². The van der Waals surface area contributed by atoms with Gasteiger partial charge >= 0.3 is 12.1 Å². The Bertz CT molecular complexity index is 231. The van der Waals surface area contributed by atoms with E-state index in [1.807, 2.05) is 27.7 Å². The molecule has 0 aromatic heterocycles. The summed E-state index contributed by atoms with van der Waals surface area (Å²) in [5, 5.41) is 0. The highest BCUT2D eigenvalue weighted by Crippen LogP contribution is 2.26. The fraction of sp³-hybridized carbons (Fsp3) is 0.900. The molecule has 0 bridgehead atoms. The molecule has 0 saturated heterocycles. The van der Waals surface area contributed by atoms with Crippen molar-refractivity contribution in [2.24, 2.45) is 23.5 Å². The number of carbonyl (C=O) groups is 1. The summed E-state index contributed by atoms with van der Waals surface area (Å²) >= 11 is 0. The van der Waals surface area contributed by atoms with E-state index in [0.717, 1.165) is 0 Å². The normalized spacial score (nSPS) is 14.7. The van der Waals surface area contributed by atoms with E-state index in [1.54, 1.807) is 0 Å². The standard InChI is InChI=1S/C10H18F3NO2/c1-5(2)7(6(3)4)8(14)16-9(15)10(11,12)13/h5-8H,14H2,1-4H3. The molecule has 6 heteroatoms. The zero-order chi connectivity index (χ0) is 13.1. The SMILES string of the molecule is CC(C)C(C(C)C)C(N)OC(=O)C(F)(F)F. The minimum atomic E-state index is -4.99. The first-order valence-electron chi connectivity index (χ1n) is 5.10. The van der Waals surface area contributed by atoms with Gasteiger partial charge in [0.25, 0.3) is 0 Å². The van der Waals surface area contributed by atoms with Crippen LogP contribution in [0.25, 0.3) is 0 Å². The lowest BCUT2D eigenvalue weighted by Gasteiger charge is -2.30. The summed E-state index contributed by atoms with van der Waals surface area (Å²) in [6.45, 7) is 7.30. The Kier molecular flexibility index (Phi) is 5.25. The minimum absolute atomic E-state index is 0.0380. The van der Waals surface area contributed by atoms with Crippen LogP contribution in [0.4, 0.5) is 13.2 Å². The van der Waals surface area contributed by atoms with Crippen LogP contribution >= 0.6 is 0 Å². The summed E-state index contributed by atoms with van der Waals surface area (Å²) in [4.78, 5) is 10.6. The second kappa shape index (κ2) is 5.52. The van der Waals surface area contributed by atoms with E-state index in [4.69, 9.17) is 5.73 Å². The first-order valence-corrected chi connectivity index (χ1v) is 5.10. The van der Waals surface area contributed by atoms with Gasteiger partial charge in [0.1, 0.15) is 0 Å². The summed E-state index contributed by atoms with van der Waals surface area (Å²) in [7, 11) is 0. The van der Waals surface area contributed by atoms with E-state index in [0.29, 0.717) is 0 Å². The third-order valence-corrected chi connectivity index (χ3v) is 2.39. The van der Waals surface area contributed by atoms with Crippen LogP contribution in [0.3, 0.4) is 0 Å². The fourth-order valence-corrected chi connectivity index (χ4v) is 1.80. The van der Waals surface area contributed by atoms with Gasteiger partial charge < -0.3 is 4.74 Å². The second-order valence-corrected chi connectivity index (χ2v) is 4.43. The molecule has 0 aromatic carbocycles. The number of alkyl halides is 3. The van der Waals surface area contributed by atoms with E-state index < -0.39 is 18.4 Å². The molecule has 1 atom stereocenters. The third kappa shape index (κ3) is 4.38. The molecule has 0 amide bonds. The van der Waals surface area contributed by atoms with Crippen molar-refractivity contribution < 1.29 is 22.7 Å². The highest BCUT2D eigenvalue weighted by Gasteiger charge is 2.43. The number of ether oxygens (including phenoxy) is 1.